The summed E-state index contributed by atoms with van der Waals surface area (Å²) in [5.74, 6) is 0. The van der Waals surface area contributed by atoms with Crippen LogP contribution < -0.4 is 15.8 Å². The van der Waals surface area contributed by atoms with Crippen molar-refractivity contribution in [2.45, 2.75) is 19.5 Å². The molecule has 112 valence electrons. The summed E-state index contributed by atoms with van der Waals surface area (Å²) < 4.78 is 1.43. The number of hydrogen-bond donors (Lipinski definition) is 1. The number of hydrogen-bond acceptors (Lipinski definition) is 5. The zero-order valence-electron chi connectivity index (χ0n) is 12.3. The summed E-state index contributed by atoms with van der Waals surface area (Å²) in [5, 5.41) is 7.88. The number of likely N-dealkylation sites (N-methyl/N-ethyl adjacent to an activating group) is 1. The molecule has 6 nitrogen and oxygen atoms in total. The Hall–Kier alpha value is -1.11. The minimum absolute atomic E-state index is 0.211. The molecule has 1 N–H and O–H groups in total. The molecule has 0 saturated carbocycles. The van der Waals surface area contributed by atoms with Crippen molar-refractivity contribution >= 4 is 17.3 Å². The lowest BCUT2D eigenvalue weighted by Crippen LogP contribution is -2.49. The minimum atomic E-state index is -0.211. The molecule has 1 aromatic rings. The number of piperazine rings is 1. The van der Waals surface area contributed by atoms with Crippen molar-refractivity contribution in [2.75, 3.05) is 45.2 Å². The minimum Gasteiger partial charge on any atom is -0.366 e. The van der Waals surface area contributed by atoms with Crippen LogP contribution in [0.4, 0.5) is 5.69 Å². The monoisotopic (exact) mass is 299 g/mol. The molecular weight excluding hydrogens is 278 g/mol. The normalized spacial score (nSPS) is 19.6. The second-order valence-electron chi connectivity index (χ2n) is 5.48. The van der Waals surface area contributed by atoms with E-state index in [0.717, 1.165) is 31.9 Å². The highest BCUT2D eigenvalue weighted by Crippen LogP contribution is 2.21. The van der Waals surface area contributed by atoms with E-state index in [1.165, 1.54) is 4.68 Å². The summed E-state index contributed by atoms with van der Waals surface area (Å²) in [4.78, 5) is 16.4. The van der Waals surface area contributed by atoms with Crippen molar-refractivity contribution in [3.63, 3.8) is 0 Å². The molecule has 0 bridgehead atoms. The van der Waals surface area contributed by atoms with Crippen LogP contribution in [-0.2, 0) is 6.54 Å². The second-order valence-corrected chi connectivity index (χ2v) is 5.85. The van der Waals surface area contributed by atoms with E-state index in [-0.39, 0.29) is 10.6 Å². The predicted molar refractivity (Wildman–Crippen MR) is 81.7 cm³/mol. The molecular formula is C13H22ClN5O. The van der Waals surface area contributed by atoms with Gasteiger partial charge in [0.25, 0.3) is 5.56 Å². The molecule has 0 spiro atoms. The van der Waals surface area contributed by atoms with Crippen LogP contribution in [0.25, 0.3) is 0 Å². The van der Waals surface area contributed by atoms with Crippen molar-refractivity contribution in [1.29, 1.82) is 0 Å². The van der Waals surface area contributed by atoms with Crippen LogP contribution >= 0.6 is 11.6 Å². The van der Waals surface area contributed by atoms with E-state index >= 15 is 0 Å². The van der Waals surface area contributed by atoms with Gasteiger partial charge in [-0.25, -0.2) is 4.68 Å². The Morgan fingerprint density at radius 1 is 1.55 bits per heavy atom. The lowest BCUT2D eigenvalue weighted by atomic mass is 10.2. The van der Waals surface area contributed by atoms with Crippen LogP contribution in [0, 0.1) is 0 Å². The number of halogens is 1. The first-order valence-electron chi connectivity index (χ1n) is 6.87. The van der Waals surface area contributed by atoms with Crippen LogP contribution in [0.3, 0.4) is 0 Å². The molecule has 20 heavy (non-hydrogen) atoms. The molecule has 1 saturated heterocycles. The van der Waals surface area contributed by atoms with Crippen LogP contribution in [0.15, 0.2) is 11.0 Å². The van der Waals surface area contributed by atoms with E-state index in [0.29, 0.717) is 12.6 Å². The van der Waals surface area contributed by atoms with E-state index in [4.69, 9.17) is 11.6 Å². The van der Waals surface area contributed by atoms with Gasteiger partial charge in [0, 0.05) is 32.2 Å². The topological polar surface area (TPSA) is 53.4 Å². The molecule has 0 amide bonds. The molecule has 2 rings (SSSR count). The van der Waals surface area contributed by atoms with E-state index in [1.54, 1.807) is 6.20 Å². The molecule has 0 aromatic carbocycles. The lowest BCUT2D eigenvalue weighted by molar-refractivity contribution is 0.367. The first-order valence-corrected chi connectivity index (χ1v) is 7.25. The molecule has 1 aliphatic heterocycles. The second kappa shape index (κ2) is 6.56. The van der Waals surface area contributed by atoms with E-state index in [9.17, 15) is 4.79 Å². The van der Waals surface area contributed by atoms with Gasteiger partial charge in [-0.05, 0) is 21.0 Å². The van der Waals surface area contributed by atoms with Gasteiger partial charge < -0.3 is 15.1 Å². The molecule has 2 heterocycles. The van der Waals surface area contributed by atoms with E-state index < -0.39 is 0 Å². The number of aromatic nitrogens is 2. The standard InChI is InChI=1S/C13H22ClN5O/c1-10-9-18(5-4-15-10)11-8-16-19(7-6-17(2)3)13(20)12(11)14/h8,10,15H,4-7,9H2,1-3H3. The highest BCUT2D eigenvalue weighted by atomic mass is 35.5. The average Bonchev–Trinajstić information content (AvgIpc) is 2.40. The molecule has 1 unspecified atom stereocenters. The third-order valence-corrected chi connectivity index (χ3v) is 3.79. The van der Waals surface area contributed by atoms with Gasteiger partial charge in [0.05, 0.1) is 18.4 Å². The van der Waals surface area contributed by atoms with Gasteiger partial charge in [0.1, 0.15) is 5.02 Å². The molecule has 0 radical (unpaired) electrons. The van der Waals surface area contributed by atoms with Crippen LogP contribution in [-0.4, -0.2) is 61.0 Å². The maximum absolute atomic E-state index is 12.2. The Kier molecular flexibility index (Phi) is 5.01. The zero-order valence-corrected chi connectivity index (χ0v) is 13.0. The third kappa shape index (κ3) is 3.50. The number of nitrogens with one attached hydrogen (secondary N) is 1. The maximum Gasteiger partial charge on any atom is 0.287 e. The van der Waals surface area contributed by atoms with Crippen molar-refractivity contribution in [1.82, 2.24) is 20.0 Å². The van der Waals surface area contributed by atoms with Crippen LogP contribution in [0.2, 0.25) is 5.02 Å². The lowest BCUT2D eigenvalue weighted by Gasteiger charge is -2.33. The summed E-state index contributed by atoms with van der Waals surface area (Å²) in [6, 6.07) is 0.385. The van der Waals surface area contributed by atoms with Gasteiger partial charge in [0.15, 0.2) is 0 Å². The molecule has 1 aliphatic rings. The molecule has 1 aromatic heterocycles. The quantitative estimate of drug-likeness (QED) is 0.864. The average molecular weight is 300 g/mol. The first kappa shape index (κ1) is 15.3. The number of rotatable bonds is 4. The highest BCUT2D eigenvalue weighted by Gasteiger charge is 2.20. The smallest absolute Gasteiger partial charge is 0.287 e. The molecule has 0 aliphatic carbocycles. The summed E-state index contributed by atoms with van der Waals surface area (Å²) in [5.41, 5.74) is 0.531. The van der Waals surface area contributed by atoms with Gasteiger partial charge in [-0.15, -0.1) is 0 Å². The number of nitrogens with zero attached hydrogens (tertiary/aromatic N) is 4. The summed E-state index contributed by atoms with van der Waals surface area (Å²) >= 11 is 6.25. The third-order valence-electron chi connectivity index (χ3n) is 3.43. The Bertz CT molecular complexity index is 516. The van der Waals surface area contributed by atoms with Crippen LogP contribution in [0.5, 0.6) is 0 Å². The molecule has 1 atom stereocenters. The van der Waals surface area contributed by atoms with Crippen LogP contribution in [0.1, 0.15) is 6.92 Å². The predicted octanol–water partition coefficient (Wildman–Crippen LogP) is 0.256. The van der Waals surface area contributed by atoms with Gasteiger partial charge in [-0.1, -0.05) is 11.6 Å². The fourth-order valence-corrected chi connectivity index (χ4v) is 2.55. The van der Waals surface area contributed by atoms with Crippen molar-refractivity contribution in [3.05, 3.63) is 21.6 Å². The number of anilines is 1. The van der Waals surface area contributed by atoms with Gasteiger partial charge in [0.2, 0.25) is 0 Å². The summed E-state index contributed by atoms with van der Waals surface area (Å²) in [7, 11) is 3.92. The fourth-order valence-electron chi connectivity index (χ4n) is 2.28. The molecule has 1 fully saturated rings. The molecule has 7 heteroatoms. The van der Waals surface area contributed by atoms with E-state index in [2.05, 4.69) is 22.2 Å². The maximum atomic E-state index is 12.2. The Morgan fingerprint density at radius 3 is 2.95 bits per heavy atom. The summed E-state index contributed by atoms with van der Waals surface area (Å²) in [6.07, 6.45) is 1.71. The Balaban J connectivity index is 2.20. The Morgan fingerprint density at radius 2 is 2.30 bits per heavy atom. The highest BCUT2D eigenvalue weighted by molar-refractivity contribution is 6.33. The SMILES string of the molecule is CC1CN(c2cnn(CCN(C)C)c(=O)c2Cl)CCN1. The largest absolute Gasteiger partial charge is 0.366 e. The van der Waals surface area contributed by atoms with Crippen molar-refractivity contribution in [3.8, 4) is 0 Å². The first-order chi connectivity index (χ1) is 9.49. The van der Waals surface area contributed by atoms with Crippen molar-refractivity contribution in [2.24, 2.45) is 0 Å². The zero-order chi connectivity index (χ0) is 14.7. The van der Waals surface area contributed by atoms with E-state index in [1.807, 2.05) is 19.0 Å². The van der Waals surface area contributed by atoms with Gasteiger partial charge in [-0.3, -0.25) is 4.79 Å². The Labute approximate surface area is 124 Å². The van der Waals surface area contributed by atoms with Gasteiger partial charge >= 0.3 is 0 Å². The van der Waals surface area contributed by atoms with Crippen molar-refractivity contribution < 1.29 is 0 Å². The fraction of sp³-hybridized carbons (Fsp3) is 0.692. The summed E-state index contributed by atoms with van der Waals surface area (Å²) in [6.45, 7) is 5.99. The van der Waals surface area contributed by atoms with Gasteiger partial charge in [-0.2, -0.15) is 5.10 Å².